The smallest absolute Gasteiger partial charge is 0.147 e. The molecule has 2 N–H and O–H groups in total. The number of H-pyrrole nitrogens is 2. The summed E-state index contributed by atoms with van der Waals surface area (Å²) in [7, 11) is 0. The fourth-order valence-electron chi connectivity index (χ4n) is 3.75. The normalized spacial score (nSPS) is 14.7. The maximum Gasteiger partial charge on any atom is 0.147 e. The molecule has 1 aliphatic rings. The van der Waals surface area contributed by atoms with Crippen LogP contribution in [0.1, 0.15) is 61.7 Å². The van der Waals surface area contributed by atoms with Gasteiger partial charge in [-0.1, -0.05) is 62.9 Å². The van der Waals surface area contributed by atoms with Crippen molar-refractivity contribution in [1.82, 2.24) is 9.97 Å². The zero-order valence-electron chi connectivity index (χ0n) is 18.2. The van der Waals surface area contributed by atoms with Crippen LogP contribution in [0.15, 0.2) is 83.3 Å². The summed E-state index contributed by atoms with van der Waals surface area (Å²) in [6.45, 7) is 2.77. The molecule has 0 aliphatic carbocycles. The minimum atomic E-state index is 0.519. The predicted octanol–water partition coefficient (Wildman–Crippen LogP) is 6.80. The number of hydrogen-bond donors (Lipinski definition) is 2. The average molecular weight is 414 g/mol. The van der Waals surface area contributed by atoms with Gasteiger partial charge in [0.2, 0.25) is 0 Å². The minimum Gasteiger partial charge on any atom is -0.487 e. The number of nitrogens with zero attached hydrogens (tertiary/aromatic N) is 1. The first kappa shape index (κ1) is 21.0. The Hall–Kier alpha value is -3.27. The SMILES string of the molecule is CCCCCCCc1ccc(C=C2N=C(c3ccc[nH]3)C=C2OCc2ccccc2)[nH]1. The molecule has 1 aliphatic heterocycles. The van der Waals surface area contributed by atoms with Crippen LogP contribution in [0.2, 0.25) is 0 Å². The van der Waals surface area contributed by atoms with E-state index in [0.717, 1.165) is 40.5 Å². The largest absolute Gasteiger partial charge is 0.487 e. The fraction of sp³-hybridized carbons (Fsp3) is 0.296. The fourth-order valence-corrected chi connectivity index (χ4v) is 3.75. The minimum absolute atomic E-state index is 0.519. The van der Waals surface area contributed by atoms with Gasteiger partial charge in [0.1, 0.15) is 18.1 Å². The van der Waals surface area contributed by atoms with Crippen molar-refractivity contribution in [1.29, 1.82) is 0 Å². The molecule has 2 aromatic heterocycles. The van der Waals surface area contributed by atoms with E-state index in [2.05, 4.69) is 47.2 Å². The standard InChI is InChI=1S/C27H31N3O/c1-2-3-4-5-9-13-22-15-16-23(29-22)18-26-27(31-20-21-11-7-6-8-12-21)19-25(30-26)24-14-10-17-28-24/h6-8,10-12,14-19,28-29H,2-5,9,13,20H2,1H3. The molecule has 0 saturated carbocycles. The van der Waals surface area contributed by atoms with Gasteiger partial charge in [0.15, 0.2) is 0 Å². The molecule has 4 rings (SSSR count). The van der Waals surface area contributed by atoms with Gasteiger partial charge in [-0.15, -0.1) is 0 Å². The van der Waals surface area contributed by atoms with E-state index in [1.807, 2.05) is 42.6 Å². The predicted molar refractivity (Wildman–Crippen MR) is 128 cm³/mol. The van der Waals surface area contributed by atoms with Crippen molar-refractivity contribution in [2.45, 2.75) is 52.1 Å². The molecule has 0 amide bonds. The van der Waals surface area contributed by atoms with E-state index in [1.54, 1.807) is 0 Å². The Labute approximate surface area is 184 Å². The van der Waals surface area contributed by atoms with Crippen LogP contribution in [-0.2, 0) is 17.8 Å². The Morgan fingerprint density at radius 3 is 2.61 bits per heavy atom. The highest BCUT2D eigenvalue weighted by molar-refractivity contribution is 6.11. The lowest BCUT2D eigenvalue weighted by atomic mass is 10.1. The molecule has 0 unspecified atom stereocenters. The molecule has 0 spiro atoms. The molecule has 0 bridgehead atoms. The number of aryl methyl sites for hydroxylation is 1. The molecular formula is C27H31N3O. The maximum absolute atomic E-state index is 6.16. The third-order valence-corrected chi connectivity index (χ3v) is 5.48. The van der Waals surface area contributed by atoms with Crippen LogP contribution >= 0.6 is 0 Å². The van der Waals surface area contributed by atoms with E-state index in [1.165, 1.54) is 37.8 Å². The molecular weight excluding hydrogens is 382 g/mol. The van der Waals surface area contributed by atoms with E-state index >= 15 is 0 Å². The molecule has 0 saturated heterocycles. The van der Waals surface area contributed by atoms with Gasteiger partial charge >= 0.3 is 0 Å². The number of ether oxygens (including phenoxy) is 1. The van der Waals surface area contributed by atoms with Crippen molar-refractivity contribution in [3.63, 3.8) is 0 Å². The number of benzene rings is 1. The molecule has 160 valence electrons. The highest BCUT2D eigenvalue weighted by atomic mass is 16.5. The molecule has 4 heteroatoms. The molecule has 4 nitrogen and oxygen atoms in total. The van der Waals surface area contributed by atoms with E-state index in [9.17, 15) is 0 Å². The van der Waals surface area contributed by atoms with Crippen LogP contribution < -0.4 is 0 Å². The van der Waals surface area contributed by atoms with Crippen molar-refractivity contribution >= 4 is 11.8 Å². The van der Waals surface area contributed by atoms with Crippen LogP contribution in [0, 0.1) is 0 Å². The Bertz CT molecular complexity index is 1040. The van der Waals surface area contributed by atoms with Crippen molar-refractivity contribution in [2.24, 2.45) is 4.99 Å². The summed E-state index contributed by atoms with van der Waals surface area (Å²) in [6.07, 6.45) is 13.6. The maximum atomic E-state index is 6.16. The van der Waals surface area contributed by atoms with Gasteiger partial charge in [0, 0.05) is 23.7 Å². The first-order chi connectivity index (χ1) is 15.3. The summed E-state index contributed by atoms with van der Waals surface area (Å²) in [5, 5.41) is 0. The van der Waals surface area contributed by atoms with Gasteiger partial charge in [-0.05, 0) is 48.7 Å². The lowest BCUT2D eigenvalue weighted by Crippen LogP contribution is -1.95. The van der Waals surface area contributed by atoms with Crippen molar-refractivity contribution in [3.05, 3.63) is 101 Å². The monoisotopic (exact) mass is 413 g/mol. The molecule has 0 fully saturated rings. The van der Waals surface area contributed by atoms with Gasteiger partial charge in [-0.25, -0.2) is 4.99 Å². The number of unbranched alkanes of at least 4 members (excludes halogenated alkanes) is 4. The number of aromatic nitrogens is 2. The van der Waals surface area contributed by atoms with E-state index < -0.39 is 0 Å². The lowest BCUT2D eigenvalue weighted by molar-refractivity contribution is 0.208. The molecule has 0 atom stereocenters. The second-order valence-corrected chi connectivity index (χ2v) is 8.00. The summed E-state index contributed by atoms with van der Waals surface area (Å²) >= 11 is 0. The summed E-state index contributed by atoms with van der Waals surface area (Å²) in [5.41, 5.74) is 6.21. The van der Waals surface area contributed by atoms with Crippen LogP contribution in [-0.4, -0.2) is 15.7 Å². The average Bonchev–Trinajstić information content (AvgIpc) is 3.55. The van der Waals surface area contributed by atoms with Gasteiger partial charge < -0.3 is 14.7 Å². The molecule has 31 heavy (non-hydrogen) atoms. The molecule has 1 aromatic carbocycles. The third kappa shape index (κ3) is 5.88. The summed E-state index contributed by atoms with van der Waals surface area (Å²) in [5.74, 6) is 0.796. The summed E-state index contributed by atoms with van der Waals surface area (Å²) in [6, 6.07) is 18.5. The Morgan fingerprint density at radius 1 is 0.935 bits per heavy atom. The van der Waals surface area contributed by atoms with Gasteiger partial charge in [-0.3, -0.25) is 0 Å². The van der Waals surface area contributed by atoms with E-state index in [0.29, 0.717) is 6.61 Å². The number of nitrogens with one attached hydrogen (secondary N) is 2. The van der Waals surface area contributed by atoms with Crippen LogP contribution in [0.25, 0.3) is 6.08 Å². The second kappa shape index (κ2) is 10.7. The van der Waals surface area contributed by atoms with E-state index in [-0.39, 0.29) is 0 Å². The first-order valence-electron chi connectivity index (χ1n) is 11.3. The van der Waals surface area contributed by atoms with Crippen molar-refractivity contribution < 1.29 is 4.74 Å². The van der Waals surface area contributed by atoms with Gasteiger partial charge in [0.25, 0.3) is 0 Å². The highest BCUT2D eigenvalue weighted by Gasteiger charge is 2.18. The molecule has 3 aromatic rings. The molecule has 0 radical (unpaired) electrons. The number of allylic oxidation sites excluding steroid dienone is 1. The zero-order chi connectivity index (χ0) is 21.3. The number of aromatic amines is 2. The van der Waals surface area contributed by atoms with E-state index in [4.69, 9.17) is 9.73 Å². The van der Waals surface area contributed by atoms with Crippen molar-refractivity contribution in [3.8, 4) is 0 Å². The van der Waals surface area contributed by atoms with Crippen LogP contribution in [0.3, 0.4) is 0 Å². The Kier molecular flexibility index (Phi) is 7.22. The Morgan fingerprint density at radius 2 is 1.81 bits per heavy atom. The van der Waals surface area contributed by atoms with Crippen LogP contribution in [0.5, 0.6) is 0 Å². The number of hydrogen-bond acceptors (Lipinski definition) is 2. The lowest BCUT2D eigenvalue weighted by Gasteiger charge is -2.08. The van der Waals surface area contributed by atoms with Gasteiger partial charge in [0.05, 0.1) is 11.4 Å². The van der Waals surface area contributed by atoms with Gasteiger partial charge in [-0.2, -0.15) is 0 Å². The first-order valence-corrected chi connectivity index (χ1v) is 11.3. The third-order valence-electron chi connectivity index (χ3n) is 5.48. The Balaban J connectivity index is 1.46. The molecule has 3 heterocycles. The van der Waals surface area contributed by atoms with Crippen LogP contribution in [0.4, 0.5) is 0 Å². The summed E-state index contributed by atoms with van der Waals surface area (Å²) in [4.78, 5) is 11.6. The quantitative estimate of drug-likeness (QED) is 0.334. The number of aliphatic imine (C=N–C) groups is 1. The number of rotatable bonds is 11. The topological polar surface area (TPSA) is 53.2 Å². The zero-order valence-corrected chi connectivity index (χ0v) is 18.2. The highest BCUT2D eigenvalue weighted by Crippen LogP contribution is 2.26. The summed E-state index contributed by atoms with van der Waals surface area (Å²) < 4.78 is 6.16. The second-order valence-electron chi connectivity index (χ2n) is 8.00. The van der Waals surface area contributed by atoms with Crippen molar-refractivity contribution in [2.75, 3.05) is 0 Å².